The van der Waals surface area contributed by atoms with Crippen LogP contribution in [-0.4, -0.2) is 76.6 Å². The van der Waals surface area contributed by atoms with Crippen molar-refractivity contribution in [3.05, 3.63) is 88.0 Å². The monoisotopic (exact) mass is 578 g/mol. The van der Waals surface area contributed by atoms with Gasteiger partial charge < -0.3 is 15.1 Å². The quantitative estimate of drug-likeness (QED) is 0.483. The number of rotatable bonds is 6. The van der Waals surface area contributed by atoms with Crippen LogP contribution in [0.1, 0.15) is 53.6 Å². The molecule has 3 aromatic rings. The molecule has 1 N–H and O–H groups in total. The predicted molar refractivity (Wildman–Crippen MR) is 151 cm³/mol. The summed E-state index contributed by atoms with van der Waals surface area (Å²) in [5.41, 5.74) is 2.45. The minimum atomic E-state index is -0.660. The fourth-order valence-corrected chi connectivity index (χ4v) is 6.25. The van der Waals surface area contributed by atoms with E-state index in [4.69, 9.17) is 0 Å². The fraction of sp³-hybridized carbons (Fsp3) is 0.419. The Morgan fingerprint density at radius 1 is 1.10 bits per heavy atom. The third-order valence-electron chi connectivity index (χ3n) is 8.48. The van der Waals surface area contributed by atoms with Crippen LogP contribution in [0.3, 0.4) is 0 Å². The summed E-state index contributed by atoms with van der Waals surface area (Å²) in [5.74, 6) is -2.01. The summed E-state index contributed by atoms with van der Waals surface area (Å²) in [5, 5.41) is 12.2. The highest BCUT2D eigenvalue weighted by Gasteiger charge is 2.42. The number of carbonyl (C=O) groups excluding carboxylic acids is 2. The number of nitrogens with one attached hydrogen (secondary N) is 1. The number of carbonyl (C=O) groups is 2. The highest BCUT2D eigenvalue weighted by atomic mass is 19.1. The number of hydrogen-bond donors (Lipinski definition) is 1. The third-order valence-corrected chi connectivity index (χ3v) is 8.48. The average molecular weight is 579 g/mol. The molecule has 6 rings (SSSR count). The van der Waals surface area contributed by atoms with E-state index in [0.29, 0.717) is 54.4 Å². The molecule has 0 radical (unpaired) electrons. The van der Waals surface area contributed by atoms with Gasteiger partial charge in [-0.3, -0.25) is 14.5 Å². The van der Waals surface area contributed by atoms with E-state index in [1.807, 2.05) is 20.8 Å². The van der Waals surface area contributed by atoms with Crippen LogP contribution in [-0.2, 0) is 23.2 Å². The molecule has 2 unspecified atom stereocenters. The number of amides is 2. The molecular weight excluding hydrogens is 545 g/mol. The molecule has 11 heteroatoms. The van der Waals surface area contributed by atoms with E-state index in [2.05, 4.69) is 20.4 Å². The highest BCUT2D eigenvalue weighted by molar-refractivity contribution is 5.98. The van der Waals surface area contributed by atoms with Crippen molar-refractivity contribution in [2.75, 3.05) is 37.6 Å². The summed E-state index contributed by atoms with van der Waals surface area (Å²) in [6.45, 7) is 8.34. The molecule has 1 aromatic heterocycles. The summed E-state index contributed by atoms with van der Waals surface area (Å²) in [6, 6.07) is 9.76. The number of halogens is 3. The van der Waals surface area contributed by atoms with Crippen LogP contribution in [0.2, 0.25) is 0 Å². The lowest BCUT2D eigenvalue weighted by Crippen LogP contribution is -2.60. The van der Waals surface area contributed by atoms with Crippen LogP contribution >= 0.6 is 0 Å². The fourth-order valence-electron chi connectivity index (χ4n) is 6.25. The molecule has 1 fully saturated rings. The van der Waals surface area contributed by atoms with Gasteiger partial charge in [-0.1, -0.05) is 26.0 Å². The molecule has 42 heavy (non-hydrogen) atoms. The average Bonchev–Trinajstić information content (AvgIpc) is 3.40. The Labute approximate surface area is 242 Å². The van der Waals surface area contributed by atoms with Crippen molar-refractivity contribution < 1.29 is 22.8 Å². The minimum absolute atomic E-state index is 0.110. The predicted octanol–water partition coefficient (Wildman–Crippen LogP) is 3.43. The molecule has 2 amide bonds. The van der Waals surface area contributed by atoms with Gasteiger partial charge in [0, 0.05) is 73.8 Å². The SMILES string of the molecule is CC1CN(CC(=O)N2CC(C)(C)c3nnc(Cc4ccc(F)cc4F)cc32)C(CN2Cc3c(F)cccc3C2=O)CN1. The van der Waals surface area contributed by atoms with Crippen molar-refractivity contribution in [2.45, 2.75) is 51.2 Å². The van der Waals surface area contributed by atoms with Gasteiger partial charge in [0.25, 0.3) is 5.91 Å². The van der Waals surface area contributed by atoms with Gasteiger partial charge in [-0.25, -0.2) is 13.2 Å². The number of anilines is 1. The Bertz CT molecular complexity index is 1560. The van der Waals surface area contributed by atoms with Gasteiger partial charge in [0.05, 0.1) is 23.6 Å². The lowest BCUT2D eigenvalue weighted by Gasteiger charge is -2.41. The lowest BCUT2D eigenvalue weighted by molar-refractivity contribution is -0.120. The molecule has 0 spiro atoms. The molecule has 0 bridgehead atoms. The first-order chi connectivity index (χ1) is 20.0. The second-order valence-corrected chi connectivity index (χ2v) is 12.2. The number of fused-ring (bicyclic) bond motifs is 2. The maximum atomic E-state index is 14.4. The maximum absolute atomic E-state index is 14.4. The molecule has 0 saturated carbocycles. The van der Waals surface area contributed by atoms with Gasteiger partial charge >= 0.3 is 0 Å². The van der Waals surface area contributed by atoms with E-state index < -0.39 is 17.0 Å². The second kappa shape index (κ2) is 10.8. The smallest absolute Gasteiger partial charge is 0.254 e. The van der Waals surface area contributed by atoms with Crippen LogP contribution in [0.25, 0.3) is 0 Å². The van der Waals surface area contributed by atoms with E-state index in [0.717, 1.165) is 6.07 Å². The molecule has 1 saturated heterocycles. The molecule has 0 aliphatic carbocycles. The summed E-state index contributed by atoms with van der Waals surface area (Å²) >= 11 is 0. The van der Waals surface area contributed by atoms with Crippen molar-refractivity contribution in [3.8, 4) is 0 Å². The zero-order valence-electron chi connectivity index (χ0n) is 23.8. The second-order valence-electron chi connectivity index (χ2n) is 12.2. The topological polar surface area (TPSA) is 81.7 Å². The zero-order valence-corrected chi connectivity index (χ0v) is 23.8. The Hall–Kier alpha value is -3.83. The normalized spacial score (nSPS) is 21.5. The number of nitrogens with zero attached hydrogens (tertiary/aromatic N) is 5. The minimum Gasteiger partial charge on any atom is -0.333 e. The Morgan fingerprint density at radius 3 is 2.67 bits per heavy atom. The number of aromatic nitrogens is 2. The molecule has 2 aromatic carbocycles. The van der Waals surface area contributed by atoms with E-state index >= 15 is 0 Å². The Kier molecular flexibility index (Phi) is 7.26. The van der Waals surface area contributed by atoms with Crippen molar-refractivity contribution in [3.63, 3.8) is 0 Å². The van der Waals surface area contributed by atoms with Crippen LogP contribution in [0.5, 0.6) is 0 Å². The molecule has 220 valence electrons. The summed E-state index contributed by atoms with van der Waals surface area (Å²) in [4.78, 5) is 32.4. The molecule has 8 nitrogen and oxygen atoms in total. The van der Waals surface area contributed by atoms with E-state index in [1.54, 1.807) is 28.0 Å². The van der Waals surface area contributed by atoms with Gasteiger partial charge in [-0.05, 0) is 36.8 Å². The van der Waals surface area contributed by atoms with Crippen molar-refractivity contribution in [2.24, 2.45) is 0 Å². The van der Waals surface area contributed by atoms with Gasteiger partial charge in [-0.15, -0.1) is 0 Å². The van der Waals surface area contributed by atoms with Gasteiger partial charge in [0.15, 0.2) is 0 Å². The first kappa shape index (κ1) is 28.3. The first-order valence-electron chi connectivity index (χ1n) is 14.2. The van der Waals surface area contributed by atoms with Crippen LogP contribution in [0.4, 0.5) is 18.9 Å². The maximum Gasteiger partial charge on any atom is 0.254 e. The summed E-state index contributed by atoms with van der Waals surface area (Å²) in [7, 11) is 0. The first-order valence-corrected chi connectivity index (χ1v) is 14.2. The van der Waals surface area contributed by atoms with Crippen LogP contribution < -0.4 is 10.2 Å². The standard InChI is InChI=1S/C31H33F3N6O2/c1-18-13-38(22(12-35-18)14-39-15-24-23(30(39)42)5-4-6-25(24)33)16-28(41)40-17-31(2,3)29-27(40)11-21(36-37-29)9-19-7-8-20(32)10-26(19)34/h4-8,10-11,18,22,35H,9,12-17H2,1-3H3. The van der Waals surface area contributed by atoms with E-state index in [9.17, 15) is 22.8 Å². The molecule has 3 aliphatic heterocycles. The number of benzene rings is 2. The van der Waals surface area contributed by atoms with Gasteiger partial charge in [0.1, 0.15) is 17.5 Å². The molecular formula is C31H33F3N6O2. The van der Waals surface area contributed by atoms with Crippen molar-refractivity contribution in [1.29, 1.82) is 0 Å². The summed E-state index contributed by atoms with van der Waals surface area (Å²) in [6.07, 6.45) is 0.110. The molecule has 3 aliphatic rings. The Balaban J connectivity index is 1.20. The van der Waals surface area contributed by atoms with Crippen molar-refractivity contribution in [1.82, 2.24) is 25.3 Å². The molecule has 2 atom stereocenters. The lowest BCUT2D eigenvalue weighted by atomic mass is 9.91. The Morgan fingerprint density at radius 2 is 1.90 bits per heavy atom. The number of hydrogen-bond acceptors (Lipinski definition) is 6. The number of piperazine rings is 1. The summed E-state index contributed by atoms with van der Waals surface area (Å²) < 4.78 is 42.1. The van der Waals surface area contributed by atoms with Crippen LogP contribution in [0.15, 0.2) is 42.5 Å². The van der Waals surface area contributed by atoms with Gasteiger partial charge in [-0.2, -0.15) is 10.2 Å². The van der Waals surface area contributed by atoms with E-state index in [-0.39, 0.29) is 54.8 Å². The van der Waals surface area contributed by atoms with E-state index in [1.165, 1.54) is 18.2 Å². The highest BCUT2D eigenvalue weighted by Crippen LogP contribution is 2.39. The third kappa shape index (κ3) is 5.27. The largest absolute Gasteiger partial charge is 0.333 e. The van der Waals surface area contributed by atoms with Gasteiger partial charge in [0.2, 0.25) is 5.91 Å². The van der Waals surface area contributed by atoms with Crippen molar-refractivity contribution >= 4 is 17.5 Å². The van der Waals surface area contributed by atoms with Crippen LogP contribution in [0, 0.1) is 17.5 Å². The molecule has 4 heterocycles. The zero-order chi connectivity index (χ0) is 29.8.